The molecule has 2 aromatic rings. The summed E-state index contributed by atoms with van der Waals surface area (Å²) in [6.07, 6.45) is 2.44. The van der Waals surface area contributed by atoms with Crippen molar-refractivity contribution in [3.63, 3.8) is 0 Å². The van der Waals surface area contributed by atoms with Crippen LogP contribution in [0.2, 0.25) is 0 Å². The minimum absolute atomic E-state index is 0.169. The van der Waals surface area contributed by atoms with Crippen molar-refractivity contribution in [3.8, 4) is 5.75 Å². The summed E-state index contributed by atoms with van der Waals surface area (Å²) in [6, 6.07) is 12.5. The van der Waals surface area contributed by atoms with Crippen molar-refractivity contribution >= 4 is 29.3 Å². The number of aromatic hydroxyl groups is 1. The fourth-order valence-corrected chi connectivity index (χ4v) is 7.36. The van der Waals surface area contributed by atoms with Crippen molar-refractivity contribution in [2.75, 3.05) is 4.90 Å². The first-order chi connectivity index (χ1) is 17.6. The summed E-state index contributed by atoms with van der Waals surface area (Å²) in [5.74, 6) is -4.94. The van der Waals surface area contributed by atoms with E-state index in [-0.39, 0.29) is 35.5 Å². The third-order valence-electron chi connectivity index (χ3n) is 9.11. The Morgan fingerprint density at radius 3 is 2.22 bits per heavy atom. The summed E-state index contributed by atoms with van der Waals surface area (Å²) >= 11 is 0. The standard InChI is InChI=1S/C29H28N2O6/c1-14-11-16(12-15(2)24(14)32)23-18-9-10-19-22(27(35)31(37)25(19)33)20(18)13-21-26(34)30(28(36)29(21,23)3)17-7-5-4-6-8-17/h4-9,11-12,19-23,32,37H,10,13H2,1-3H3/t19-,20+,21-,22-,23-,29+/m0/s1. The lowest BCUT2D eigenvalue weighted by Gasteiger charge is -2.49. The van der Waals surface area contributed by atoms with Crippen LogP contribution >= 0.6 is 0 Å². The van der Waals surface area contributed by atoms with Gasteiger partial charge >= 0.3 is 0 Å². The average Bonchev–Trinajstić information content (AvgIpc) is 3.22. The summed E-state index contributed by atoms with van der Waals surface area (Å²) in [7, 11) is 0. The second kappa shape index (κ2) is 7.86. The number of hydrogen-bond donors (Lipinski definition) is 2. The predicted molar refractivity (Wildman–Crippen MR) is 132 cm³/mol. The van der Waals surface area contributed by atoms with Crippen molar-refractivity contribution in [2.24, 2.45) is 29.1 Å². The number of carbonyl (C=O) groups excluding carboxylic acids is 4. The van der Waals surface area contributed by atoms with Crippen LogP contribution in [0.1, 0.15) is 42.4 Å². The van der Waals surface area contributed by atoms with Crippen LogP contribution in [0.3, 0.4) is 0 Å². The Bertz CT molecular complexity index is 1390. The molecular formula is C29H28N2O6. The number of imide groups is 2. The molecule has 2 aromatic carbocycles. The molecule has 2 saturated heterocycles. The monoisotopic (exact) mass is 500 g/mol. The van der Waals surface area contributed by atoms with Crippen LogP contribution in [0, 0.1) is 42.9 Å². The highest BCUT2D eigenvalue weighted by molar-refractivity contribution is 6.24. The lowest BCUT2D eigenvalue weighted by molar-refractivity contribution is -0.173. The van der Waals surface area contributed by atoms with E-state index in [1.165, 1.54) is 4.90 Å². The molecule has 8 heteroatoms. The maximum Gasteiger partial charge on any atom is 0.257 e. The van der Waals surface area contributed by atoms with E-state index < -0.39 is 46.8 Å². The Labute approximate surface area is 214 Å². The van der Waals surface area contributed by atoms with Gasteiger partial charge in [0.1, 0.15) is 5.75 Å². The van der Waals surface area contributed by atoms with Crippen molar-refractivity contribution in [2.45, 2.75) is 39.5 Å². The summed E-state index contributed by atoms with van der Waals surface area (Å²) in [4.78, 5) is 55.1. The van der Waals surface area contributed by atoms with E-state index in [4.69, 9.17) is 0 Å². The Morgan fingerprint density at radius 1 is 0.919 bits per heavy atom. The summed E-state index contributed by atoms with van der Waals surface area (Å²) in [5.41, 5.74) is 2.28. The number of hydroxylamine groups is 2. The van der Waals surface area contributed by atoms with E-state index in [0.717, 1.165) is 11.1 Å². The SMILES string of the molecule is Cc1cc([C@H]2C3=CC[C@@H]4C(=O)N(O)C(=O)[C@@H]4[C@@H]3C[C@H]3C(=O)N(c4ccccc4)C(=O)[C@@]23C)cc(C)c1O. The maximum atomic E-state index is 14.2. The first kappa shape index (κ1) is 23.6. The molecular weight excluding hydrogens is 472 g/mol. The molecule has 4 amide bonds. The van der Waals surface area contributed by atoms with Gasteiger partial charge in [0.15, 0.2) is 0 Å². The summed E-state index contributed by atoms with van der Waals surface area (Å²) in [5, 5.41) is 20.8. The quantitative estimate of drug-likeness (QED) is 0.370. The summed E-state index contributed by atoms with van der Waals surface area (Å²) in [6.45, 7) is 5.40. The maximum absolute atomic E-state index is 14.2. The zero-order chi connectivity index (χ0) is 26.4. The van der Waals surface area contributed by atoms with Crippen LogP contribution in [0.15, 0.2) is 54.1 Å². The lowest BCUT2D eigenvalue weighted by atomic mass is 9.51. The highest BCUT2D eigenvalue weighted by Crippen LogP contribution is 2.63. The van der Waals surface area contributed by atoms with Gasteiger partial charge in [0.2, 0.25) is 11.8 Å². The summed E-state index contributed by atoms with van der Waals surface area (Å²) < 4.78 is 0. The number of hydrogen-bond acceptors (Lipinski definition) is 6. The van der Waals surface area contributed by atoms with Crippen molar-refractivity contribution in [1.82, 2.24) is 5.06 Å². The van der Waals surface area contributed by atoms with Crippen molar-refractivity contribution in [1.29, 1.82) is 0 Å². The number of benzene rings is 2. The number of phenols is 1. The molecule has 8 nitrogen and oxygen atoms in total. The molecule has 37 heavy (non-hydrogen) atoms. The van der Waals surface area contributed by atoms with Crippen LogP contribution in [-0.4, -0.2) is 39.0 Å². The molecule has 0 bridgehead atoms. The van der Waals surface area contributed by atoms with Crippen LogP contribution in [0.25, 0.3) is 0 Å². The van der Waals surface area contributed by atoms with Gasteiger partial charge in [-0.25, -0.2) is 4.90 Å². The Kier molecular flexibility index (Phi) is 5.01. The number of para-hydroxylation sites is 1. The number of anilines is 1. The Balaban J connectivity index is 1.57. The Hall–Kier alpha value is -3.78. The molecule has 2 N–H and O–H groups in total. The molecule has 4 aliphatic rings. The van der Waals surface area contributed by atoms with E-state index in [2.05, 4.69) is 0 Å². The fourth-order valence-electron chi connectivity index (χ4n) is 7.36. The molecule has 1 saturated carbocycles. The normalized spacial score (nSPS) is 32.9. The first-order valence-electron chi connectivity index (χ1n) is 12.6. The average molecular weight is 501 g/mol. The minimum Gasteiger partial charge on any atom is -0.507 e. The van der Waals surface area contributed by atoms with E-state index in [0.29, 0.717) is 16.8 Å². The smallest absolute Gasteiger partial charge is 0.257 e. The number of nitrogens with zero attached hydrogens (tertiary/aromatic N) is 2. The van der Waals surface area contributed by atoms with E-state index in [1.54, 1.807) is 38.1 Å². The molecule has 6 rings (SSSR count). The third-order valence-corrected chi connectivity index (χ3v) is 9.11. The van der Waals surface area contributed by atoms with Gasteiger partial charge in [-0.2, -0.15) is 5.06 Å². The highest BCUT2D eigenvalue weighted by atomic mass is 16.5. The van der Waals surface area contributed by atoms with Gasteiger partial charge < -0.3 is 5.11 Å². The third kappa shape index (κ3) is 2.99. The minimum atomic E-state index is -1.14. The number of carbonyl (C=O) groups is 4. The van der Waals surface area contributed by atoms with Gasteiger partial charge in [0.05, 0.1) is 28.9 Å². The van der Waals surface area contributed by atoms with Crippen LogP contribution < -0.4 is 4.90 Å². The van der Waals surface area contributed by atoms with Gasteiger partial charge in [-0.15, -0.1) is 0 Å². The van der Waals surface area contributed by atoms with Crippen LogP contribution in [-0.2, 0) is 19.2 Å². The van der Waals surface area contributed by atoms with Crippen molar-refractivity contribution < 1.29 is 29.5 Å². The fraction of sp³-hybridized carbons (Fsp3) is 0.379. The second-order valence-corrected chi connectivity index (χ2v) is 11.0. The van der Waals surface area contributed by atoms with E-state index in [9.17, 15) is 29.5 Å². The highest BCUT2D eigenvalue weighted by Gasteiger charge is 2.67. The van der Waals surface area contributed by atoms with E-state index in [1.807, 2.05) is 31.2 Å². The van der Waals surface area contributed by atoms with Gasteiger partial charge in [-0.1, -0.05) is 42.0 Å². The molecule has 0 radical (unpaired) electrons. The number of fused-ring (bicyclic) bond motifs is 4. The van der Waals surface area contributed by atoms with Gasteiger partial charge in [-0.3, -0.25) is 24.4 Å². The van der Waals surface area contributed by atoms with Crippen molar-refractivity contribution in [3.05, 3.63) is 70.8 Å². The van der Waals surface area contributed by atoms with Gasteiger partial charge in [0, 0.05) is 5.92 Å². The molecule has 0 aromatic heterocycles. The largest absolute Gasteiger partial charge is 0.507 e. The topological polar surface area (TPSA) is 115 Å². The number of amides is 4. The lowest BCUT2D eigenvalue weighted by Crippen LogP contribution is -2.48. The molecule has 2 aliphatic carbocycles. The first-order valence-corrected chi connectivity index (χ1v) is 12.6. The molecule has 2 heterocycles. The number of rotatable bonds is 2. The molecule has 0 unspecified atom stereocenters. The zero-order valence-electron chi connectivity index (χ0n) is 20.8. The van der Waals surface area contributed by atoms with E-state index >= 15 is 0 Å². The molecule has 3 fully saturated rings. The van der Waals surface area contributed by atoms with Gasteiger partial charge in [0.25, 0.3) is 11.8 Å². The second-order valence-electron chi connectivity index (χ2n) is 11.0. The van der Waals surface area contributed by atoms with Gasteiger partial charge in [-0.05, 0) is 68.4 Å². The Morgan fingerprint density at radius 2 is 1.57 bits per heavy atom. The predicted octanol–water partition coefficient (Wildman–Crippen LogP) is 3.63. The zero-order valence-corrected chi connectivity index (χ0v) is 20.8. The molecule has 0 spiro atoms. The number of phenolic OH excluding ortho intramolecular Hbond substituents is 1. The van der Waals surface area contributed by atoms with Crippen LogP contribution in [0.5, 0.6) is 5.75 Å². The van der Waals surface area contributed by atoms with Crippen LogP contribution in [0.4, 0.5) is 5.69 Å². The molecule has 2 aliphatic heterocycles. The number of allylic oxidation sites excluding steroid dienone is 2. The molecule has 190 valence electrons. The molecule has 6 atom stereocenters. The number of aryl methyl sites for hydroxylation is 2.